The first-order chi connectivity index (χ1) is 10.7. The molecule has 2 nitrogen and oxygen atoms in total. The first kappa shape index (κ1) is 22.1. The molecule has 3 heteroatoms. The second kappa shape index (κ2) is 16.0. The normalized spacial score (nSPS) is 12.0. The fraction of sp³-hybridized carbons (Fsp3) is 1.00. The summed E-state index contributed by atoms with van der Waals surface area (Å²) in [4.78, 5) is 0. The Morgan fingerprint density at radius 1 is 0.545 bits per heavy atom. The number of unbranched alkanes of at least 4 members (excludes halogenated alkanes) is 12. The molecule has 0 rings (SSSR count). The van der Waals surface area contributed by atoms with Crippen LogP contribution in [0.5, 0.6) is 0 Å². The highest BCUT2D eigenvalue weighted by molar-refractivity contribution is 6.67. The van der Waals surface area contributed by atoms with Crippen LogP contribution in [-0.2, 0) is 8.85 Å². The van der Waals surface area contributed by atoms with Crippen molar-refractivity contribution in [1.82, 2.24) is 0 Å². The number of hydrogen-bond acceptors (Lipinski definition) is 2. The molecular weight excluding hydrogens is 288 g/mol. The van der Waals surface area contributed by atoms with Crippen molar-refractivity contribution in [2.45, 2.75) is 109 Å². The smallest absolute Gasteiger partial charge is 0.337 e. The second-order valence-corrected chi connectivity index (χ2v) is 10.5. The van der Waals surface area contributed by atoms with Crippen LogP contribution >= 0.6 is 0 Å². The van der Waals surface area contributed by atoms with Crippen LogP contribution in [-0.4, -0.2) is 22.8 Å². The average molecular weight is 331 g/mol. The van der Waals surface area contributed by atoms with E-state index in [9.17, 15) is 0 Å². The van der Waals surface area contributed by atoms with Crippen LogP contribution in [0.2, 0.25) is 12.1 Å². The highest BCUT2D eigenvalue weighted by atomic mass is 28.4. The predicted molar refractivity (Wildman–Crippen MR) is 101 cm³/mol. The van der Waals surface area contributed by atoms with E-state index in [0.717, 1.165) is 12.1 Å². The van der Waals surface area contributed by atoms with Gasteiger partial charge in [0.25, 0.3) is 0 Å². The summed E-state index contributed by atoms with van der Waals surface area (Å²) >= 11 is 0. The summed E-state index contributed by atoms with van der Waals surface area (Å²) in [6.07, 6.45) is 18.3. The monoisotopic (exact) mass is 330 g/mol. The standard InChI is InChI=1S/C19H42O2Si/c1-5-7-8-9-10-11-12-13-14-15-16-17-18-19-22(6-2,20-3)21-4/h5-19H2,1-4H3. The van der Waals surface area contributed by atoms with Crippen molar-refractivity contribution in [3.63, 3.8) is 0 Å². The van der Waals surface area contributed by atoms with E-state index in [0.29, 0.717) is 0 Å². The summed E-state index contributed by atoms with van der Waals surface area (Å²) in [5.74, 6) is 0. The average Bonchev–Trinajstić information content (AvgIpc) is 2.56. The Bertz CT molecular complexity index is 209. The maximum atomic E-state index is 5.66. The zero-order valence-electron chi connectivity index (χ0n) is 15.9. The Morgan fingerprint density at radius 2 is 0.909 bits per heavy atom. The van der Waals surface area contributed by atoms with Crippen molar-refractivity contribution in [1.29, 1.82) is 0 Å². The van der Waals surface area contributed by atoms with Crippen LogP contribution in [0.4, 0.5) is 0 Å². The van der Waals surface area contributed by atoms with Gasteiger partial charge in [-0.3, -0.25) is 0 Å². The van der Waals surface area contributed by atoms with Crippen LogP contribution in [0.15, 0.2) is 0 Å². The first-order valence-corrected chi connectivity index (χ1v) is 12.1. The lowest BCUT2D eigenvalue weighted by Crippen LogP contribution is -2.38. The predicted octanol–water partition coefficient (Wildman–Crippen LogP) is 6.83. The van der Waals surface area contributed by atoms with E-state index in [4.69, 9.17) is 8.85 Å². The zero-order chi connectivity index (χ0) is 16.5. The fourth-order valence-electron chi connectivity index (χ4n) is 3.17. The summed E-state index contributed by atoms with van der Waals surface area (Å²) in [6.45, 7) is 4.48. The molecule has 0 aliphatic carbocycles. The molecule has 0 aromatic heterocycles. The minimum Gasteiger partial charge on any atom is -0.398 e. The molecule has 134 valence electrons. The van der Waals surface area contributed by atoms with Gasteiger partial charge in [0.15, 0.2) is 0 Å². The third kappa shape index (κ3) is 11.7. The van der Waals surface area contributed by atoms with E-state index in [2.05, 4.69) is 13.8 Å². The second-order valence-electron chi connectivity index (χ2n) is 6.67. The molecule has 0 atom stereocenters. The molecule has 0 aromatic rings. The number of hydrogen-bond donors (Lipinski definition) is 0. The van der Waals surface area contributed by atoms with Gasteiger partial charge < -0.3 is 8.85 Å². The summed E-state index contributed by atoms with van der Waals surface area (Å²) in [7, 11) is 1.82. The van der Waals surface area contributed by atoms with E-state index in [1.165, 1.54) is 83.5 Å². The zero-order valence-corrected chi connectivity index (χ0v) is 16.9. The quantitative estimate of drug-likeness (QED) is 0.215. The first-order valence-electron chi connectivity index (χ1n) is 9.85. The largest absolute Gasteiger partial charge is 0.398 e. The van der Waals surface area contributed by atoms with E-state index in [1.807, 2.05) is 14.2 Å². The topological polar surface area (TPSA) is 18.5 Å². The van der Waals surface area contributed by atoms with Crippen LogP contribution in [0.25, 0.3) is 0 Å². The third-order valence-corrected chi connectivity index (χ3v) is 8.62. The molecule has 0 fully saturated rings. The molecule has 0 saturated carbocycles. The van der Waals surface area contributed by atoms with Crippen molar-refractivity contribution >= 4 is 8.56 Å². The van der Waals surface area contributed by atoms with E-state index >= 15 is 0 Å². The molecule has 22 heavy (non-hydrogen) atoms. The molecule has 0 bridgehead atoms. The highest BCUT2D eigenvalue weighted by Crippen LogP contribution is 2.21. The molecule has 0 aliphatic rings. The van der Waals surface area contributed by atoms with Crippen LogP contribution in [0.1, 0.15) is 97.3 Å². The van der Waals surface area contributed by atoms with Crippen molar-refractivity contribution in [2.24, 2.45) is 0 Å². The van der Waals surface area contributed by atoms with Crippen LogP contribution in [0.3, 0.4) is 0 Å². The summed E-state index contributed by atoms with van der Waals surface area (Å²) < 4.78 is 11.3. The lowest BCUT2D eigenvalue weighted by Gasteiger charge is -2.25. The molecule has 0 heterocycles. The van der Waals surface area contributed by atoms with Crippen LogP contribution < -0.4 is 0 Å². The highest BCUT2D eigenvalue weighted by Gasteiger charge is 2.32. The van der Waals surface area contributed by atoms with E-state index < -0.39 is 8.56 Å². The van der Waals surface area contributed by atoms with Gasteiger partial charge >= 0.3 is 8.56 Å². The molecule has 0 unspecified atom stereocenters. The van der Waals surface area contributed by atoms with Gasteiger partial charge in [0.1, 0.15) is 0 Å². The lowest BCUT2D eigenvalue weighted by atomic mass is 10.1. The van der Waals surface area contributed by atoms with Gasteiger partial charge in [-0.25, -0.2) is 0 Å². The Balaban J connectivity index is 3.27. The van der Waals surface area contributed by atoms with Crippen molar-refractivity contribution in [3.05, 3.63) is 0 Å². The van der Waals surface area contributed by atoms with Crippen molar-refractivity contribution in [3.8, 4) is 0 Å². The minimum absolute atomic E-state index is 1.07. The summed E-state index contributed by atoms with van der Waals surface area (Å²) in [5, 5.41) is 0. The minimum atomic E-state index is -1.82. The molecule has 0 N–H and O–H groups in total. The Labute approximate surface area is 141 Å². The van der Waals surface area contributed by atoms with Gasteiger partial charge in [-0.1, -0.05) is 97.3 Å². The molecule has 0 radical (unpaired) electrons. The van der Waals surface area contributed by atoms with Crippen molar-refractivity contribution in [2.75, 3.05) is 14.2 Å². The van der Waals surface area contributed by atoms with E-state index in [-0.39, 0.29) is 0 Å². The maximum Gasteiger partial charge on any atom is 0.337 e. The Kier molecular flexibility index (Phi) is 16.1. The summed E-state index contributed by atoms with van der Waals surface area (Å²) in [6, 6.07) is 2.23. The fourth-order valence-corrected chi connectivity index (χ4v) is 5.46. The number of rotatable bonds is 17. The van der Waals surface area contributed by atoms with Gasteiger partial charge in [0, 0.05) is 14.2 Å². The van der Waals surface area contributed by atoms with Crippen LogP contribution in [0, 0.1) is 0 Å². The Morgan fingerprint density at radius 3 is 1.23 bits per heavy atom. The molecule has 0 amide bonds. The van der Waals surface area contributed by atoms with Gasteiger partial charge in [0.2, 0.25) is 0 Å². The van der Waals surface area contributed by atoms with Crippen molar-refractivity contribution < 1.29 is 8.85 Å². The SMILES string of the molecule is CCCCCCCCCCCCCCC[Si](CC)(OC)OC. The van der Waals surface area contributed by atoms with Gasteiger partial charge in [0.05, 0.1) is 0 Å². The van der Waals surface area contributed by atoms with E-state index in [1.54, 1.807) is 0 Å². The summed E-state index contributed by atoms with van der Waals surface area (Å²) in [5.41, 5.74) is 0. The van der Waals surface area contributed by atoms with Gasteiger partial charge in [-0.05, 0) is 12.1 Å². The molecule has 0 aliphatic heterocycles. The molecule has 0 saturated heterocycles. The van der Waals surface area contributed by atoms with Gasteiger partial charge in [-0.2, -0.15) is 0 Å². The molecule has 0 spiro atoms. The molecular formula is C19H42O2Si. The molecule has 0 aromatic carbocycles. The van der Waals surface area contributed by atoms with Gasteiger partial charge in [-0.15, -0.1) is 0 Å². The third-order valence-electron chi connectivity index (χ3n) is 4.94. The Hall–Kier alpha value is 0.137. The lowest BCUT2D eigenvalue weighted by molar-refractivity contribution is 0.241. The maximum absolute atomic E-state index is 5.66.